The SMILES string of the molecule is CC(N)C(=O)Nc1ccc(Sc2ccc3nc(N(C)C(=O)O)[nH]c3c2)cc1.Cl. The number of halogens is 1. The number of imidazole rings is 1. The Bertz CT molecular complexity index is 991. The number of nitrogens with zero attached hydrogens (tertiary/aromatic N) is 2. The van der Waals surface area contributed by atoms with Crippen LogP contribution in [0.4, 0.5) is 16.4 Å². The van der Waals surface area contributed by atoms with E-state index in [4.69, 9.17) is 10.8 Å². The summed E-state index contributed by atoms with van der Waals surface area (Å²) in [6.45, 7) is 1.63. The van der Waals surface area contributed by atoms with E-state index in [-0.39, 0.29) is 24.3 Å². The van der Waals surface area contributed by atoms with Crippen molar-refractivity contribution in [3.63, 3.8) is 0 Å². The first kappa shape index (κ1) is 21.5. The second-order valence-electron chi connectivity index (χ2n) is 5.99. The molecular formula is C18H20ClN5O3S. The number of H-pyrrole nitrogens is 1. The second kappa shape index (κ2) is 8.96. The lowest BCUT2D eigenvalue weighted by molar-refractivity contribution is -0.117. The van der Waals surface area contributed by atoms with Gasteiger partial charge in [-0.1, -0.05) is 11.8 Å². The summed E-state index contributed by atoms with van der Waals surface area (Å²) in [5.74, 6) is 0.0381. The lowest BCUT2D eigenvalue weighted by atomic mass is 10.3. The Balaban J connectivity index is 0.00000280. The molecular weight excluding hydrogens is 402 g/mol. The molecule has 0 aliphatic carbocycles. The maximum atomic E-state index is 11.6. The summed E-state index contributed by atoms with van der Waals surface area (Å²) >= 11 is 1.55. The van der Waals surface area contributed by atoms with Gasteiger partial charge in [-0.05, 0) is 49.4 Å². The summed E-state index contributed by atoms with van der Waals surface area (Å²) in [4.78, 5) is 32.9. The number of carboxylic acid groups (broad SMARTS) is 1. The molecule has 1 unspecified atom stereocenters. The Hall–Kier alpha value is -2.75. The van der Waals surface area contributed by atoms with Crippen LogP contribution in [-0.2, 0) is 4.79 Å². The predicted molar refractivity (Wildman–Crippen MR) is 113 cm³/mol. The monoisotopic (exact) mass is 421 g/mol. The van der Waals surface area contributed by atoms with Gasteiger partial charge in [0, 0.05) is 22.5 Å². The van der Waals surface area contributed by atoms with Gasteiger partial charge in [0.2, 0.25) is 11.9 Å². The maximum absolute atomic E-state index is 11.6. The molecule has 28 heavy (non-hydrogen) atoms. The van der Waals surface area contributed by atoms with Crippen molar-refractivity contribution >= 4 is 58.8 Å². The van der Waals surface area contributed by atoms with Crippen LogP contribution in [0.3, 0.4) is 0 Å². The smallest absolute Gasteiger partial charge is 0.413 e. The molecule has 2 amide bonds. The number of carbonyl (C=O) groups is 2. The van der Waals surface area contributed by atoms with Gasteiger partial charge in [-0.25, -0.2) is 9.78 Å². The molecule has 8 nitrogen and oxygen atoms in total. The number of hydrogen-bond donors (Lipinski definition) is 4. The van der Waals surface area contributed by atoms with E-state index in [0.717, 1.165) is 20.2 Å². The second-order valence-corrected chi connectivity index (χ2v) is 7.13. The zero-order valence-electron chi connectivity index (χ0n) is 15.2. The first-order valence-corrected chi connectivity index (χ1v) is 8.96. The molecule has 5 N–H and O–H groups in total. The molecule has 1 atom stereocenters. The molecule has 0 aliphatic rings. The van der Waals surface area contributed by atoms with Gasteiger partial charge in [0.25, 0.3) is 0 Å². The zero-order valence-corrected chi connectivity index (χ0v) is 16.8. The Morgan fingerprint density at radius 1 is 1.21 bits per heavy atom. The third-order valence-electron chi connectivity index (χ3n) is 3.82. The Labute approximate surface area is 171 Å². The minimum absolute atomic E-state index is 0. The average Bonchev–Trinajstić information content (AvgIpc) is 3.05. The Morgan fingerprint density at radius 2 is 1.86 bits per heavy atom. The fourth-order valence-electron chi connectivity index (χ4n) is 2.29. The van der Waals surface area contributed by atoms with Crippen molar-refractivity contribution in [2.45, 2.75) is 22.8 Å². The van der Waals surface area contributed by atoms with Crippen molar-refractivity contribution in [3.05, 3.63) is 42.5 Å². The highest BCUT2D eigenvalue weighted by atomic mass is 35.5. The van der Waals surface area contributed by atoms with Crippen LogP contribution in [0, 0.1) is 0 Å². The van der Waals surface area contributed by atoms with E-state index in [1.807, 2.05) is 42.5 Å². The third-order valence-corrected chi connectivity index (χ3v) is 4.81. The van der Waals surface area contributed by atoms with E-state index in [2.05, 4.69) is 15.3 Å². The summed E-state index contributed by atoms with van der Waals surface area (Å²) in [6.07, 6.45) is -1.08. The molecule has 0 aliphatic heterocycles. The lowest BCUT2D eigenvalue weighted by Gasteiger charge is -2.08. The number of nitrogens with one attached hydrogen (secondary N) is 2. The molecule has 0 saturated heterocycles. The fourth-order valence-corrected chi connectivity index (χ4v) is 3.14. The summed E-state index contributed by atoms with van der Waals surface area (Å²) in [5, 5.41) is 11.8. The summed E-state index contributed by atoms with van der Waals surface area (Å²) < 4.78 is 0. The Morgan fingerprint density at radius 3 is 2.46 bits per heavy atom. The summed E-state index contributed by atoms with van der Waals surface area (Å²) in [7, 11) is 1.43. The van der Waals surface area contributed by atoms with E-state index in [1.54, 1.807) is 18.7 Å². The fraction of sp³-hybridized carbons (Fsp3) is 0.167. The molecule has 0 saturated carbocycles. The molecule has 0 radical (unpaired) electrons. The molecule has 0 fully saturated rings. The van der Waals surface area contributed by atoms with E-state index >= 15 is 0 Å². The van der Waals surface area contributed by atoms with Gasteiger partial charge in [-0.15, -0.1) is 12.4 Å². The zero-order chi connectivity index (χ0) is 19.6. The van der Waals surface area contributed by atoms with Crippen molar-refractivity contribution < 1.29 is 14.7 Å². The molecule has 3 aromatic rings. The Kier molecular flexibility index (Phi) is 6.90. The van der Waals surface area contributed by atoms with Crippen molar-refractivity contribution in [3.8, 4) is 0 Å². The molecule has 0 spiro atoms. The van der Waals surface area contributed by atoms with Crippen LogP contribution < -0.4 is 16.0 Å². The van der Waals surface area contributed by atoms with Crippen molar-refractivity contribution in [2.75, 3.05) is 17.3 Å². The van der Waals surface area contributed by atoms with E-state index in [0.29, 0.717) is 11.2 Å². The van der Waals surface area contributed by atoms with Crippen LogP contribution in [0.2, 0.25) is 0 Å². The number of amides is 2. The van der Waals surface area contributed by atoms with E-state index in [9.17, 15) is 9.59 Å². The van der Waals surface area contributed by atoms with E-state index < -0.39 is 12.1 Å². The number of aromatic amines is 1. The van der Waals surface area contributed by atoms with Crippen LogP contribution in [0.15, 0.2) is 52.3 Å². The first-order chi connectivity index (χ1) is 12.8. The standard InChI is InChI=1S/C18H19N5O3S.ClH/c1-10(19)16(24)20-11-3-5-12(6-4-11)27-13-7-8-14-15(9-13)22-17(21-14)23(2)18(25)26;/h3-10H,19H2,1-2H3,(H,20,24)(H,21,22)(H,25,26);1H. The van der Waals surface area contributed by atoms with Crippen LogP contribution in [0.5, 0.6) is 0 Å². The minimum atomic E-state index is -1.08. The normalized spacial score (nSPS) is 11.5. The van der Waals surface area contributed by atoms with Gasteiger partial charge in [-0.2, -0.15) is 0 Å². The minimum Gasteiger partial charge on any atom is -0.465 e. The highest BCUT2D eigenvalue weighted by molar-refractivity contribution is 7.99. The highest BCUT2D eigenvalue weighted by Crippen LogP contribution is 2.31. The van der Waals surface area contributed by atoms with Crippen molar-refractivity contribution in [2.24, 2.45) is 5.73 Å². The number of fused-ring (bicyclic) bond motifs is 1. The van der Waals surface area contributed by atoms with Crippen LogP contribution in [-0.4, -0.2) is 40.2 Å². The largest absolute Gasteiger partial charge is 0.465 e. The van der Waals surface area contributed by atoms with E-state index in [1.165, 1.54) is 7.05 Å². The van der Waals surface area contributed by atoms with Gasteiger partial charge in [0.1, 0.15) is 0 Å². The number of carbonyl (C=O) groups excluding carboxylic acids is 1. The van der Waals surface area contributed by atoms with Gasteiger partial charge in [-0.3, -0.25) is 9.69 Å². The molecule has 0 bridgehead atoms. The van der Waals surface area contributed by atoms with Gasteiger partial charge < -0.3 is 21.1 Å². The number of benzene rings is 2. The first-order valence-electron chi connectivity index (χ1n) is 8.14. The van der Waals surface area contributed by atoms with Crippen molar-refractivity contribution in [1.29, 1.82) is 0 Å². The summed E-state index contributed by atoms with van der Waals surface area (Å²) in [6, 6.07) is 12.6. The molecule has 148 valence electrons. The number of rotatable bonds is 5. The van der Waals surface area contributed by atoms with Gasteiger partial charge >= 0.3 is 6.09 Å². The molecule has 1 heterocycles. The quantitative estimate of drug-likeness (QED) is 0.499. The average molecular weight is 422 g/mol. The molecule has 2 aromatic carbocycles. The third kappa shape index (κ3) is 4.94. The lowest BCUT2D eigenvalue weighted by Crippen LogP contribution is -2.32. The molecule has 3 rings (SSSR count). The van der Waals surface area contributed by atoms with Crippen LogP contribution >= 0.6 is 24.2 Å². The van der Waals surface area contributed by atoms with Gasteiger partial charge in [0.05, 0.1) is 17.1 Å². The van der Waals surface area contributed by atoms with Gasteiger partial charge in [0.15, 0.2) is 0 Å². The van der Waals surface area contributed by atoms with Crippen molar-refractivity contribution in [1.82, 2.24) is 9.97 Å². The predicted octanol–water partition coefficient (Wildman–Crippen LogP) is 3.54. The number of hydrogen-bond acceptors (Lipinski definition) is 5. The maximum Gasteiger partial charge on any atom is 0.413 e. The molecule has 1 aromatic heterocycles. The molecule has 10 heteroatoms. The van der Waals surface area contributed by atoms with Crippen LogP contribution in [0.1, 0.15) is 6.92 Å². The number of aromatic nitrogens is 2. The number of anilines is 2. The van der Waals surface area contributed by atoms with Crippen LogP contribution in [0.25, 0.3) is 11.0 Å². The topological polar surface area (TPSA) is 124 Å². The number of nitrogens with two attached hydrogens (primary N) is 1. The summed E-state index contributed by atoms with van der Waals surface area (Å²) in [5.41, 5.74) is 7.67. The highest BCUT2D eigenvalue weighted by Gasteiger charge is 2.13.